The summed E-state index contributed by atoms with van der Waals surface area (Å²) in [5.74, 6) is 2.46. The Balaban J connectivity index is 2.02. The molecule has 1 heterocycles. The first kappa shape index (κ1) is 14.5. The van der Waals surface area contributed by atoms with Crippen LogP contribution in [0.2, 0.25) is 0 Å². The largest absolute Gasteiger partial charge is 0.263 e. The summed E-state index contributed by atoms with van der Waals surface area (Å²) in [7, 11) is 0. The molecule has 1 aromatic rings. The van der Waals surface area contributed by atoms with Gasteiger partial charge in [-0.3, -0.25) is 4.98 Å². The normalized spacial score (nSPS) is 28.6. The summed E-state index contributed by atoms with van der Waals surface area (Å²) in [5, 5.41) is 0. The van der Waals surface area contributed by atoms with E-state index in [0.29, 0.717) is 4.83 Å². The molecule has 0 aromatic carbocycles. The minimum absolute atomic E-state index is 0.673. The van der Waals surface area contributed by atoms with Crippen LogP contribution < -0.4 is 0 Å². The molecule has 0 N–H and O–H groups in total. The number of rotatable bonds is 3. The van der Waals surface area contributed by atoms with Crippen LogP contribution in [-0.2, 0) is 6.42 Å². The molecule has 1 fully saturated rings. The SMILES string of the molecule is CC(C)C1CCC(Br)C(Cc2cncc(Br)c2)C1. The summed E-state index contributed by atoms with van der Waals surface area (Å²) >= 11 is 7.38. The molecule has 0 radical (unpaired) electrons. The van der Waals surface area contributed by atoms with Crippen molar-refractivity contribution in [1.82, 2.24) is 4.98 Å². The van der Waals surface area contributed by atoms with Crippen LogP contribution in [0.5, 0.6) is 0 Å². The minimum Gasteiger partial charge on any atom is -0.263 e. The molecule has 1 aliphatic rings. The summed E-state index contributed by atoms with van der Waals surface area (Å²) in [6, 6.07) is 2.20. The molecule has 0 saturated heterocycles. The van der Waals surface area contributed by atoms with E-state index in [9.17, 15) is 0 Å². The topological polar surface area (TPSA) is 12.9 Å². The van der Waals surface area contributed by atoms with Crippen molar-refractivity contribution in [3.05, 3.63) is 28.5 Å². The molecule has 3 atom stereocenters. The number of hydrogen-bond acceptors (Lipinski definition) is 1. The molecular weight excluding hydrogens is 354 g/mol. The van der Waals surface area contributed by atoms with Crippen LogP contribution in [0.3, 0.4) is 0 Å². The molecule has 1 saturated carbocycles. The fourth-order valence-corrected chi connectivity index (χ4v) is 4.03. The van der Waals surface area contributed by atoms with E-state index >= 15 is 0 Å². The van der Waals surface area contributed by atoms with Crippen LogP contribution in [0.1, 0.15) is 38.7 Å². The van der Waals surface area contributed by atoms with E-state index in [4.69, 9.17) is 0 Å². The average molecular weight is 375 g/mol. The highest BCUT2D eigenvalue weighted by Crippen LogP contribution is 2.38. The molecular formula is C15H21Br2N. The van der Waals surface area contributed by atoms with Crippen LogP contribution in [0, 0.1) is 17.8 Å². The Labute approximate surface area is 127 Å². The third-order valence-corrected chi connectivity index (χ3v) is 5.77. The number of nitrogens with zero attached hydrogens (tertiary/aromatic N) is 1. The Morgan fingerprint density at radius 1 is 1.33 bits per heavy atom. The lowest BCUT2D eigenvalue weighted by Gasteiger charge is -2.35. The van der Waals surface area contributed by atoms with E-state index < -0.39 is 0 Å². The molecule has 0 spiro atoms. The van der Waals surface area contributed by atoms with Crippen LogP contribution in [0.4, 0.5) is 0 Å². The van der Waals surface area contributed by atoms with Crippen molar-refractivity contribution >= 4 is 31.9 Å². The number of hydrogen-bond donors (Lipinski definition) is 0. The number of pyridine rings is 1. The van der Waals surface area contributed by atoms with Crippen molar-refractivity contribution in [1.29, 1.82) is 0 Å². The second-order valence-electron chi connectivity index (χ2n) is 5.81. The lowest BCUT2D eigenvalue weighted by atomic mass is 9.74. The van der Waals surface area contributed by atoms with Gasteiger partial charge in [0, 0.05) is 21.7 Å². The fourth-order valence-electron chi connectivity index (χ4n) is 2.95. The molecule has 1 nitrogen and oxygen atoms in total. The molecule has 0 bridgehead atoms. The summed E-state index contributed by atoms with van der Waals surface area (Å²) in [5.41, 5.74) is 1.35. The van der Waals surface area contributed by atoms with Crippen molar-refractivity contribution in [3.63, 3.8) is 0 Å². The van der Waals surface area contributed by atoms with Crippen LogP contribution in [-0.4, -0.2) is 9.81 Å². The Kier molecular flexibility index (Phi) is 5.25. The van der Waals surface area contributed by atoms with Crippen LogP contribution in [0.25, 0.3) is 0 Å². The van der Waals surface area contributed by atoms with Gasteiger partial charge in [0.2, 0.25) is 0 Å². The van der Waals surface area contributed by atoms with E-state index in [1.807, 2.05) is 12.4 Å². The van der Waals surface area contributed by atoms with E-state index in [2.05, 4.69) is 56.8 Å². The predicted octanol–water partition coefficient (Wildman–Crippen LogP) is 5.22. The highest BCUT2D eigenvalue weighted by atomic mass is 79.9. The second kappa shape index (κ2) is 6.51. The zero-order chi connectivity index (χ0) is 13.1. The molecule has 2 rings (SSSR count). The van der Waals surface area contributed by atoms with Crippen molar-refractivity contribution in [3.8, 4) is 0 Å². The van der Waals surface area contributed by atoms with Gasteiger partial charge in [0.25, 0.3) is 0 Å². The highest BCUT2D eigenvalue weighted by Gasteiger charge is 2.30. The van der Waals surface area contributed by atoms with Gasteiger partial charge in [-0.05, 0) is 71.0 Å². The number of aromatic nitrogens is 1. The van der Waals surface area contributed by atoms with Crippen molar-refractivity contribution < 1.29 is 0 Å². The lowest BCUT2D eigenvalue weighted by molar-refractivity contribution is 0.222. The van der Waals surface area contributed by atoms with Gasteiger partial charge in [0.15, 0.2) is 0 Å². The molecule has 3 heteroatoms. The van der Waals surface area contributed by atoms with Gasteiger partial charge >= 0.3 is 0 Å². The Hall–Kier alpha value is 0.110. The van der Waals surface area contributed by atoms with Gasteiger partial charge in [-0.2, -0.15) is 0 Å². The molecule has 1 aliphatic carbocycles. The zero-order valence-corrected chi connectivity index (χ0v) is 14.2. The van der Waals surface area contributed by atoms with Gasteiger partial charge in [-0.25, -0.2) is 0 Å². The Morgan fingerprint density at radius 2 is 2.11 bits per heavy atom. The van der Waals surface area contributed by atoms with Crippen molar-refractivity contribution in [2.75, 3.05) is 0 Å². The Morgan fingerprint density at radius 3 is 2.78 bits per heavy atom. The summed E-state index contributed by atoms with van der Waals surface area (Å²) in [6.07, 6.45) is 9.04. The Bertz CT molecular complexity index is 392. The van der Waals surface area contributed by atoms with Gasteiger partial charge in [0.1, 0.15) is 0 Å². The van der Waals surface area contributed by atoms with Crippen molar-refractivity contribution in [2.24, 2.45) is 17.8 Å². The second-order valence-corrected chi connectivity index (χ2v) is 7.90. The molecule has 18 heavy (non-hydrogen) atoms. The zero-order valence-electron chi connectivity index (χ0n) is 11.1. The smallest absolute Gasteiger partial charge is 0.0410 e. The minimum atomic E-state index is 0.673. The van der Waals surface area contributed by atoms with E-state index in [1.165, 1.54) is 24.8 Å². The van der Waals surface area contributed by atoms with Gasteiger partial charge in [-0.1, -0.05) is 29.8 Å². The summed E-state index contributed by atoms with van der Waals surface area (Å²) < 4.78 is 1.09. The summed E-state index contributed by atoms with van der Waals surface area (Å²) in [4.78, 5) is 4.94. The molecule has 1 aromatic heterocycles. The lowest BCUT2D eigenvalue weighted by Crippen LogP contribution is -2.29. The first-order valence-corrected chi connectivity index (χ1v) is 8.50. The van der Waals surface area contributed by atoms with E-state index in [1.54, 1.807) is 0 Å². The molecule has 0 amide bonds. The van der Waals surface area contributed by atoms with Gasteiger partial charge < -0.3 is 0 Å². The van der Waals surface area contributed by atoms with Gasteiger partial charge in [-0.15, -0.1) is 0 Å². The van der Waals surface area contributed by atoms with Crippen LogP contribution in [0.15, 0.2) is 22.9 Å². The average Bonchev–Trinajstić information content (AvgIpc) is 2.31. The molecule has 0 aliphatic heterocycles. The monoisotopic (exact) mass is 373 g/mol. The first-order valence-electron chi connectivity index (χ1n) is 6.79. The quantitative estimate of drug-likeness (QED) is 0.660. The third kappa shape index (κ3) is 3.80. The standard InChI is InChI=1S/C15H21Br2N/c1-10(2)12-3-4-15(17)13(7-12)5-11-6-14(16)9-18-8-11/h6,8-10,12-13,15H,3-5,7H2,1-2H3. The third-order valence-electron chi connectivity index (χ3n) is 4.13. The highest BCUT2D eigenvalue weighted by molar-refractivity contribution is 9.10. The van der Waals surface area contributed by atoms with E-state index in [-0.39, 0.29) is 0 Å². The number of halogens is 2. The molecule has 3 unspecified atom stereocenters. The summed E-state index contributed by atoms with van der Waals surface area (Å²) in [6.45, 7) is 4.72. The molecule has 100 valence electrons. The maximum absolute atomic E-state index is 4.27. The predicted molar refractivity (Wildman–Crippen MR) is 84.0 cm³/mol. The van der Waals surface area contributed by atoms with Crippen LogP contribution >= 0.6 is 31.9 Å². The maximum atomic E-state index is 4.27. The number of alkyl halides is 1. The van der Waals surface area contributed by atoms with Gasteiger partial charge in [0.05, 0.1) is 0 Å². The first-order chi connectivity index (χ1) is 8.56. The van der Waals surface area contributed by atoms with E-state index in [0.717, 1.165) is 28.6 Å². The van der Waals surface area contributed by atoms with Crippen molar-refractivity contribution in [2.45, 2.75) is 44.4 Å². The fraction of sp³-hybridized carbons (Fsp3) is 0.667. The maximum Gasteiger partial charge on any atom is 0.0410 e.